The second-order valence-corrected chi connectivity index (χ2v) is 4.85. The van der Waals surface area contributed by atoms with Crippen molar-refractivity contribution in [3.63, 3.8) is 0 Å². The molecule has 0 radical (unpaired) electrons. The van der Waals surface area contributed by atoms with Crippen LogP contribution < -0.4 is 5.32 Å². The molecule has 3 aromatic heterocycles. The maximum atomic E-state index is 12.6. The summed E-state index contributed by atoms with van der Waals surface area (Å²) in [6, 6.07) is 4.32. The Balaban J connectivity index is 1.81. The molecule has 0 atom stereocenters. The topological polar surface area (TPSA) is 55.1 Å². The van der Waals surface area contributed by atoms with Crippen LogP contribution >= 0.6 is 11.6 Å². The van der Waals surface area contributed by atoms with Crippen LogP contribution in [0, 0.1) is 0 Å². The van der Waals surface area contributed by atoms with Gasteiger partial charge in [0, 0.05) is 18.5 Å². The second kappa shape index (κ2) is 5.45. The molecule has 0 aliphatic heterocycles. The van der Waals surface area contributed by atoms with Crippen molar-refractivity contribution in [3.8, 4) is 0 Å². The minimum Gasteiger partial charge on any atom is -0.363 e. The van der Waals surface area contributed by atoms with Crippen LogP contribution in [0.25, 0.3) is 5.65 Å². The molecule has 3 rings (SSSR count). The highest BCUT2D eigenvalue weighted by Crippen LogP contribution is 2.32. The molecule has 0 spiro atoms. The van der Waals surface area contributed by atoms with E-state index in [-0.39, 0.29) is 10.8 Å². The molecule has 0 saturated heterocycles. The highest BCUT2D eigenvalue weighted by atomic mass is 35.5. The van der Waals surface area contributed by atoms with Crippen LogP contribution in [0.3, 0.4) is 0 Å². The summed E-state index contributed by atoms with van der Waals surface area (Å²) >= 11 is 5.84. The van der Waals surface area contributed by atoms with Crippen molar-refractivity contribution in [1.29, 1.82) is 0 Å². The predicted octanol–water partition coefficient (Wildman–Crippen LogP) is 3.41. The molecule has 0 aliphatic rings. The van der Waals surface area contributed by atoms with Crippen molar-refractivity contribution < 1.29 is 13.2 Å². The summed E-state index contributed by atoms with van der Waals surface area (Å²) in [5.41, 5.74) is 0.556. The fourth-order valence-electron chi connectivity index (χ4n) is 1.92. The van der Waals surface area contributed by atoms with Crippen LogP contribution in [0.1, 0.15) is 11.3 Å². The van der Waals surface area contributed by atoms with Gasteiger partial charge in [0.25, 0.3) is 0 Å². The Hall–Kier alpha value is -2.35. The lowest BCUT2D eigenvalue weighted by Gasteiger charge is -2.11. The molecule has 114 valence electrons. The number of nitrogens with one attached hydrogen (secondary N) is 1. The molecule has 0 aliphatic carbocycles. The Labute approximate surface area is 127 Å². The van der Waals surface area contributed by atoms with E-state index in [4.69, 9.17) is 11.6 Å². The number of halogens is 4. The number of rotatable bonds is 3. The van der Waals surface area contributed by atoms with Crippen LogP contribution in [-0.2, 0) is 12.7 Å². The molecular formula is C13H9ClF3N5. The molecular weight excluding hydrogens is 319 g/mol. The van der Waals surface area contributed by atoms with Crippen molar-refractivity contribution >= 4 is 23.1 Å². The smallest absolute Gasteiger partial charge is 0.363 e. The molecule has 3 aromatic rings. The number of fused-ring (bicyclic) bond motifs is 1. The van der Waals surface area contributed by atoms with Crippen LogP contribution in [0.15, 0.2) is 36.8 Å². The van der Waals surface area contributed by atoms with Gasteiger partial charge in [-0.2, -0.15) is 18.3 Å². The zero-order valence-corrected chi connectivity index (χ0v) is 11.7. The third-order valence-electron chi connectivity index (χ3n) is 2.97. The fraction of sp³-hybridized carbons (Fsp3) is 0.154. The number of pyridine rings is 1. The number of nitrogens with zero attached hydrogens (tertiary/aromatic N) is 4. The standard InChI is InChI=1S/C13H9ClF3N5/c14-10-5-8(13(15,16)17)6-19-12(10)20-7-9-1-3-18-11-2-4-21-22(9)11/h1-6H,7H2,(H,19,20). The monoisotopic (exact) mass is 327 g/mol. The predicted molar refractivity (Wildman–Crippen MR) is 74.6 cm³/mol. The van der Waals surface area contributed by atoms with Gasteiger partial charge in [0.15, 0.2) is 5.65 Å². The molecule has 3 heterocycles. The van der Waals surface area contributed by atoms with Gasteiger partial charge in [0.05, 0.1) is 29.0 Å². The van der Waals surface area contributed by atoms with Gasteiger partial charge in [-0.1, -0.05) is 11.6 Å². The third kappa shape index (κ3) is 2.82. The number of hydrogen-bond acceptors (Lipinski definition) is 4. The minimum atomic E-state index is -4.47. The number of aromatic nitrogens is 4. The van der Waals surface area contributed by atoms with Crippen molar-refractivity contribution in [2.75, 3.05) is 5.32 Å². The summed E-state index contributed by atoms with van der Waals surface area (Å²) in [4.78, 5) is 7.84. The van der Waals surface area contributed by atoms with Gasteiger partial charge < -0.3 is 5.32 Å². The summed E-state index contributed by atoms with van der Waals surface area (Å²) in [6.07, 6.45) is -0.503. The van der Waals surface area contributed by atoms with Crippen molar-refractivity contribution in [3.05, 3.63) is 53.1 Å². The summed E-state index contributed by atoms with van der Waals surface area (Å²) < 4.78 is 39.3. The Morgan fingerprint density at radius 3 is 2.73 bits per heavy atom. The van der Waals surface area contributed by atoms with E-state index in [1.165, 1.54) is 0 Å². The lowest BCUT2D eigenvalue weighted by molar-refractivity contribution is -0.137. The maximum absolute atomic E-state index is 12.6. The van der Waals surface area contributed by atoms with Crippen LogP contribution in [0.4, 0.5) is 19.0 Å². The first-order chi connectivity index (χ1) is 10.4. The summed E-state index contributed by atoms with van der Waals surface area (Å²) in [5.74, 6) is 0.173. The Bertz CT molecular complexity index is 815. The van der Waals surface area contributed by atoms with Gasteiger partial charge in [-0.05, 0) is 12.1 Å². The quantitative estimate of drug-likeness (QED) is 0.801. The fourth-order valence-corrected chi connectivity index (χ4v) is 2.15. The van der Waals surface area contributed by atoms with Crippen molar-refractivity contribution in [1.82, 2.24) is 19.6 Å². The molecule has 0 unspecified atom stereocenters. The molecule has 22 heavy (non-hydrogen) atoms. The molecule has 0 fully saturated rings. The Morgan fingerprint density at radius 1 is 1.18 bits per heavy atom. The van der Waals surface area contributed by atoms with Crippen LogP contribution in [0.2, 0.25) is 5.02 Å². The van der Waals surface area contributed by atoms with E-state index in [9.17, 15) is 13.2 Å². The third-order valence-corrected chi connectivity index (χ3v) is 3.26. The number of hydrogen-bond donors (Lipinski definition) is 1. The highest BCUT2D eigenvalue weighted by molar-refractivity contribution is 6.32. The summed E-state index contributed by atoms with van der Waals surface area (Å²) in [7, 11) is 0. The van der Waals surface area contributed by atoms with Gasteiger partial charge in [-0.15, -0.1) is 0 Å². The van der Waals surface area contributed by atoms with Gasteiger partial charge in [-0.25, -0.2) is 14.5 Å². The summed E-state index contributed by atoms with van der Waals surface area (Å²) in [5, 5.41) is 6.91. The first-order valence-corrected chi connectivity index (χ1v) is 6.57. The summed E-state index contributed by atoms with van der Waals surface area (Å²) in [6.45, 7) is 0.290. The van der Waals surface area contributed by atoms with E-state index in [1.807, 2.05) is 0 Å². The Morgan fingerprint density at radius 2 is 2.00 bits per heavy atom. The second-order valence-electron chi connectivity index (χ2n) is 4.44. The zero-order chi connectivity index (χ0) is 15.7. The molecule has 0 saturated carbocycles. The van der Waals surface area contributed by atoms with Gasteiger partial charge in [0.2, 0.25) is 0 Å². The van der Waals surface area contributed by atoms with E-state index >= 15 is 0 Å². The van der Waals surface area contributed by atoms with E-state index < -0.39 is 11.7 Å². The molecule has 0 aromatic carbocycles. The largest absolute Gasteiger partial charge is 0.417 e. The average Bonchev–Trinajstić information content (AvgIpc) is 2.94. The first kappa shape index (κ1) is 14.6. The SMILES string of the molecule is FC(F)(F)c1cnc(NCc2ccnc3ccnn23)c(Cl)c1. The lowest BCUT2D eigenvalue weighted by Crippen LogP contribution is -2.10. The minimum absolute atomic E-state index is 0.0967. The van der Waals surface area contributed by atoms with Gasteiger partial charge >= 0.3 is 6.18 Å². The highest BCUT2D eigenvalue weighted by Gasteiger charge is 2.31. The normalized spacial score (nSPS) is 11.8. The average molecular weight is 328 g/mol. The first-order valence-electron chi connectivity index (χ1n) is 6.19. The number of alkyl halides is 3. The molecule has 1 N–H and O–H groups in total. The van der Waals surface area contributed by atoms with E-state index in [0.717, 1.165) is 18.0 Å². The van der Waals surface area contributed by atoms with E-state index in [1.54, 1.807) is 29.0 Å². The molecule has 5 nitrogen and oxygen atoms in total. The lowest BCUT2D eigenvalue weighted by atomic mass is 10.2. The zero-order valence-electron chi connectivity index (χ0n) is 11.0. The molecule has 0 bridgehead atoms. The van der Waals surface area contributed by atoms with Gasteiger partial charge in [0.1, 0.15) is 5.82 Å². The molecule has 0 amide bonds. The maximum Gasteiger partial charge on any atom is 0.417 e. The number of anilines is 1. The molecule has 9 heteroatoms. The van der Waals surface area contributed by atoms with Crippen molar-refractivity contribution in [2.24, 2.45) is 0 Å². The Kier molecular flexibility index (Phi) is 3.61. The van der Waals surface area contributed by atoms with Crippen molar-refractivity contribution in [2.45, 2.75) is 12.7 Å². The van der Waals surface area contributed by atoms with Crippen LogP contribution in [0.5, 0.6) is 0 Å². The van der Waals surface area contributed by atoms with Crippen LogP contribution in [-0.4, -0.2) is 19.6 Å². The van der Waals surface area contributed by atoms with Gasteiger partial charge in [-0.3, -0.25) is 0 Å². The van der Waals surface area contributed by atoms with E-state index in [0.29, 0.717) is 12.2 Å². The van der Waals surface area contributed by atoms with E-state index in [2.05, 4.69) is 20.4 Å².